The Hall–Kier alpha value is -0.850. The topological polar surface area (TPSA) is 59.2 Å². The molecule has 0 aliphatic carbocycles. The second-order valence-electron chi connectivity index (χ2n) is 4.11. The van der Waals surface area contributed by atoms with E-state index in [1.807, 2.05) is 31.2 Å². The van der Waals surface area contributed by atoms with Gasteiger partial charge in [0.05, 0.1) is 18.3 Å². The molecule has 0 saturated heterocycles. The van der Waals surface area contributed by atoms with E-state index in [-0.39, 0.29) is 0 Å². The summed E-state index contributed by atoms with van der Waals surface area (Å²) in [6.45, 7) is 1.92. The van der Waals surface area contributed by atoms with E-state index in [4.69, 9.17) is 4.52 Å². The molecule has 6 heteroatoms. The molecule has 0 spiro atoms. The first-order chi connectivity index (χ1) is 9.17. The standard InChI is InChI=1S/C13H15BrN2O2S/c1-2-10(17)7-13-15-12(16-18-13)8-19-11-5-3-9(14)4-6-11/h3-6,10,17H,2,7-8H2,1H3. The molecule has 4 nitrogen and oxygen atoms in total. The molecule has 1 unspecified atom stereocenters. The molecule has 1 aromatic carbocycles. The van der Waals surface area contributed by atoms with Crippen molar-refractivity contribution in [2.45, 2.75) is 36.5 Å². The van der Waals surface area contributed by atoms with Crippen LogP contribution in [0.2, 0.25) is 0 Å². The maximum Gasteiger partial charge on any atom is 0.229 e. The quantitative estimate of drug-likeness (QED) is 0.815. The monoisotopic (exact) mass is 342 g/mol. The summed E-state index contributed by atoms with van der Waals surface area (Å²) in [4.78, 5) is 5.42. The van der Waals surface area contributed by atoms with Gasteiger partial charge in [0.1, 0.15) is 0 Å². The van der Waals surface area contributed by atoms with Gasteiger partial charge in [-0.3, -0.25) is 0 Å². The number of rotatable bonds is 6. The van der Waals surface area contributed by atoms with Crippen molar-refractivity contribution >= 4 is 27.7 Å². The van der Waals surface area contributed by atoms with Gasteiger partial charge in [-0.05, 0) is 30.7 Å². The van der Waals surface area contributed by atoms with Crippen LogP contribution in [0, 0.1) is 0 Å². The van der Waals surface area contributed by atoms with Gasteiger partial charge in [-0.2, -0.15) is 4.98 Å². The second kappa shape index (κ2) is 7.07. The number of thioether (sulfide) groups is 1. The Kier molecular flexibility index (Phi) is 5.42. The van der Waals surface area contributed by atoms with E-state index >= 15 is 0 Å². The number of halogens is 1. The molecule has 0 saturated carbocycles. The van der Waals surface area contributed by atoms with Crippen LogP contribution in [0.5, 0.6) is 0 Å². The van der Waals surface area contributed by atoms with Gasteiger partial charge in [-0.25, -0.2) is 0 Å². The number of aromatic nitrogens is 2. The molecular weight excluding hydrogens is 328 g/mol. The smallest absolute Gasteiger partial charge is 0.229 e. The fourth-order valence-electron chi connectivity index (χ4n) is 1.46. The average Bonchev–Trinajstić information content (AvgIpc) is 2.85. The molecule has 1 aromatic heterocycles. The molecule has 1 heterocycles. The Labute approximate surface area is 124 Å². The maximum absolute atomic E-state index is 9.52. The highest BCUT2D eigenvalue weighted by Crippen LogP contribution is 2.23. The number of hydrogen-bond donors (Lipinski definition) is 1. The SMILES string of the molecule is CCC(O)Cc1nc(CSc2ccc(Br)cc2)no1. The predicted molar refractivity (Wildman–Crippen MR) is 78.0 cm³/mol. The molecular formula is C13H15BrN2O2S. The average molecular weight is 343 g/mol. The summed E-state index contributed by atoms with van der Waals surface area (Å²) in [6.07, 6.45) is 0.699. The number of benzene rings is 1. The molecule has 0 aliphatic heterocycles. The normalized spacial score (nSPS) is 12.6. The third kappa shape index (κ3) is 4.63. The van der Waals surface area contributed by atoms with E-state index in [0.29, 0.717) is 30.3 Å². The van der Waals surface area contributed by atoms with Crippen molar-refractivity contribution in [2.24, 2.45) is 0 Å². The molecule has 0 radical (unpaired) electrons. The van der Waals surface area contributed by atoms with E-state index in [1.165, 1.54) is 0 Å². The van der Waals surface area contributed by atoms with Crippen molar-refractivity contribution in [1.82, 2.24) is 10.1 Å². The van der Waals surface area contributed by atoms with Gasteiger partial charge >= 0.3 is 0 Å². The van der Waals surface area contributed by atoms with Crippen LogP contribution < -0.4 is 0 Å². The zero-order valence-corrected chi connectivity index (χ0v) is 12.9. The van der Waals surface area contributed by atoms with Gasteiger partial charge in [0.25, 0.3) is 0 Å². The van der Waals surface area contributed by atoms with Gasteiger partial charge in [-0.15, -0.1) is 11.8 Å². The third-order valence-electron chi connectivity index (χ3n) is 2.57. The lowest BCUT2D eigenvalue weighted by Crippen LogP contribution is -2.08. The van der Waals surface area contributed by atoms with Crippen molar-refractivity contribution in [2.75, 3.05) is 0 Å². The molecule has 1 N–H and O–H groups in total. The Morgan fingerprint density at radius 1 is 1.37 bits per heavy atom. The predicted octanol–water partition coefficient (Wildman–Crippen LogP) is 3.44. The highest BCUT2D eigenvalue weighted by Gasteiger charge is 2.10. The fraction of sp³-hybridized carbons (Fsp3) is 0.385. The minimum Gasteiger partial charge on any atom is -0.393 e. The zero-order valence-electron chi connectivity index (χ0n) is 10.5. The minimum absolute atomic E-state index is 0.410. The van der Waals surface area contributed by atoms with E-state index in [2.05, 4.69) is 26.1 Å². The highest BCUT2D eigenvalue weighted by atomic mass is 79.9. The number of aliphatic hydroxyl groups excluding tert-OH is 1. The van der Waals surface area contributed by atoms with E-state index in [0.717, 1.165) is 9.37 Å². The van der Waals surface area contributed by atoms with Gasteiger partial charge in [-0.1, -0.05) is 28.0 Å². The number of aliphatic hydroxyl groups is 1. The summed E-state index contributed by atoms with van der Waals surface area (Å²) < 4.78 is 6.16. The van der Waals surface area contributed by atoms with Crippen molar-refractivity contribution in [3.05, 3.63) is 40.5 Å². The van der Waals surface area contributed by atoms with E-state index in [9.17, 15) is 5.11 Å². The third-order valence-corrected chi connectivity index (χ3v) is 4.11. The number of nitrogens with zero attached hydrogens (tertiary/aromatic N) is 2. The first kappa shape index (κ1) is 14.6. The van der Waals surface area contributed by atoms with Crippen molar-refractivity contribution in [3.63, 3.8) is 0 Å². The van der Waals surface area contributed by atoms with Gasteiger partial charge in [0.2, 0.25) is 5.89 Å². The van der Waals surface area contributed by atoms with Crippen molar-refractivity contribution in [3.8, 4) is 0 Å². The van der Waals surface area contributed by atoms with Crippen LogP contribution in [0.15, 0.2) is 38.2 Å². The Bertz CT molecular complexity index is 516. The van der Waals surface area contributed by atoms with Gasteiger partial charge < -0.3 is 9.63 Å². The molecule has 1 atom stereocenters. The molecule has 0 amide bonds. The summed E-state index contributed by atoms with van der Waals surface area (Å²) in [7, 11) is 0. The van der Waals surface area contributed by atoms with Crippen LogP contribution in [0.4, 0.5) is 0 Å². The minimum atomic E-state index is -0.410. The molecule has 102 valence electrons. The second-order valence-corrected chi connectivity index (χ2v) is 6.08. The highest BCUT2D eigenvalue weighted by molar-refractivity contribution is 9.10. The van der Waals surface area contributed by atoms with E-state index < -0.39 is 6.10 Å². The van der Waals surface area contributed by atoms with Gasteiger partial charge in [0, 0.05) is 9.37 Å². The summed E-state index contributed by atoms with van der Waals surface area (Å²) in [6, 6.07) is 8.08. The lowest BCUT2D eigenvalue weighted by Gasteiger charge is -2.01. The van der Waals surface area contributed by atoms with Crippen LogP contribution in [0.1, 0.15) is 25.1 Å². The molecule has 0 fully saturated rings. The van der Waals surface area contributed by atoms with Crippen LogP contribution in [-0.4, -0.2) is 21.4 Å². The molecule has 0 aliphatic rings. The number of hydrogen-bond acceptors (Lipinski definition) is 5. The largest absolute Gasteiger partial charge is 0.393 e. The van der Waals surface area contributed by atoms with Crippen LogP contribution >= 0.6 is 27.7 Å². The van der Waals surface area contributed by atoms with Crippen LogP contribution in [0.3, 0.4) is 0 Å². The summed E-state index contributed by atoms with van der Waals surface area (Å²) in [5.41, 5.74) is 0. The molecule has 19 heavy (non-hydrogen) atoms. The molecule has 0 bridgehead atoms. The van der Waals surface area contributed by atoms with Gasteiger partial charge in [0.15, 0.2) is 5.82 Å². The summed E-state index contributed by atoms with van der Waals surface area (Å²) in [5, 5.41) is 13.4. The first-order valence-electron chi connectivity index (χ1n) is 6.05. The zero-order chi connectivity index (χ0) is 13.7. The van der Waals surface area contributed by atoms with Crippen molar-refractivity contribution in [1.29, 1.82) is 0 Å². The maximum atomic E-state index is 9.52. The first-order valence-corrected chi connectivity index (χ1v) is 7.83. The fourth-order valence-corrected chi connectivity index (χ4v) is 2.46. The van der Waals surface area contributed by atoms with E-state index in [1.54, 1.807) is 11.8 Å². The Morgan fingerprint density at radius 2 is 2.11 bits per heavy atom. The Morgan fingerprint density at radius 3 is 2.79 bits per heavy atom. The lowest BCUT2D eigenvalue weighted by molar-refractivity contribution is 0.158. The van der Waals surface area contributed by atoms with Crippen LogP contribution in [-0.2, 0) is 12.2 Å². The van der Waals surface area contributed by atoms with Crippen LogP contribution in [0.25, 0.3) is 0 Å². The van der Waals surface area contributed by atoms with Crippen molar-refractivity contribution < 1.29 is 9.63 Å². The lowest BCUT2D eigenvalue weighted by atomic mass is 10.2. The Balaban J connectivity index is 1.88. The molecule has 2 aromatic rings. The molecule has 2 rings (SSSR count). The summed E-state index contributed by atoms with van der Waals surface area (Å²) >= 11 is 5.05. The summed E-state index contributed by atoms with van der Waals surface area (Å²) in [5.74, 6) is 1.82.